The number of nitrogens with zero attached hydrogens (tertiary/aromatic N) is 3. The van der Waals surface area contributed by atoms with Crippen LogP contribution in [0.15, 0.2) is 63.5 Å². The van der Waals surface area contributed by atoms with Crippen LogP contribution in [0.25, 0.3) is 11.5 Å². The second-order valence-corrected chi connectivity index (χ2v) is 8.50. The molecule has 136 valence electrons. The summed E-state index contributed by atoms with van der Waals surface area (Å²) in [4.78, 5) is 14.0. The first-order chi connectivity index (χ1) is 13.1. The summed E-state index contributed by atoms with van der Waals surface area (Å²) in [5.41, 5.74) is 1.88. The minimum Gasteiger partial charge on any atom is -0.418 e. The number of halogens is 1. The maximum atomic E-state index is 12.4. The molecule has 1 atom stereocenters. The molecule has 0 spiro atoms. The predicted octanol–water partition coefficient (Wildman–Crippen LogP) is 4.64. The van der Waals surface area contributed by atoms with E-state index in [1.165, 1.54) is 11.8 Å². The minimum absolute atomic E-state index is 0.0341. The van der Waals surface area contributed by atoms with Crippen molar-refractivity contribution >= 4 is 50.1 Å². The number of hydrogen-bond acceptors (Lipinski definition) is 6. The zero-order valence-electron chi connectivity index (χ0n) is 14.0. The van der Waals surface area contributed by atoms with Crippen molar-refractivity contribution in [3.05, 3.63) is 70.5 Å². The van der Waals surface area contributed by atoms with E-state index in [0.717, 1.165) is 15.6 Å². The summed E-state index contributed by atoms with van der Waals surface area (Å²) >= 11 is 10.2. The number of thioether (sulfide) groups is 1. The average Bonchev–Trinajstić information content (AvgIpc) is 3.28. The standard InChI is InChI=1S/C19H14BrN3O2S2/c20-14-8-4-7-13(10-14)17-21-22-18(25-17)15(9-12-5-2-1-3-6-12)23-16(24)11-27-19(23)26/h1-8,10,15H,9,11H2/t15-/m0/s1. The minimum atomic E-state index is -0.421. The van der Waals surface area contributed by atoms with E-state index in [1.807, 2.05) is 54.6 Å². The van der Waals surface area contributed by atoms with Crippen LogP contribution in [0.5, 0.6) is 0 Å². The molecular weight excluding hydrogens is 446 g/mol. The van der Waals surface area contributed by atoms with E-state index in [1.54, 1.807) is 4.90 Å². The number of benzene rings is 2. The van der Waals surface area contributed by atoms with Gasteiger partial charge in [0, 0.05) is 16.5 Å². The number of amides is 1. The lowest BCUT2D eigenvalue weighted by molar-refractivity contribution is -0.125. The van der Waals surface area contributed by atoms with Crippen LogP contribution in [0.4, 0.5) is 0 Å². The van der Waals surface area contributed by atoms with E-state index in [0.29, 0.717) is 28.3 Å². The van der Waals surface area contributed by atoms with Gasteiger partial charge in [0.1, 0.15) is 10.4 Å². The molecule has 1 aliphatic heterocycles. The smallest absolute Gasteiger partial charge is 0.247 e. The number of carbonyl (C=O) groups excluding carboxylic acids is 1. The molecule has 1 aromatic heterocycles. The molecule has 0 saturated carbocycles. The molecule has 2 heterocycles. The van der Waals surface area contributed by atoms with Crippen molar-refractivity contribution in [3.63, 3.8) is 0 Å². The molecule has 0 N–H and O–H groups in total. The van der Waals surface area contributed by atoms with Crippen molar-refractivity contribution in [2.45, 2.75) is 12.5 Å². The second-order valence-electron chi connectivity index (χ2n) is 5.98. The molecule has 0 bridgehead atoms. The third kappa shape index (κ3) is 3.97. The zero-order chi connectivity index (χ0) is 18.8. The van der Waals surface area contributed by atoms with Gasteiger partial charge in [-0.05, 0) is 23.8 Å². The summed E-state index contributed by atoms with van der Waals surface area (Å²) in [6.07, 6.45) is 0.549. The highest BCUT2D eigenvalue weighted by molar-refractivity contribution is 9.10. The summed E-state index contributed by atoms with van der Waals surface area (Å²) in [7, 11) is 0. The molecule has 4 rings (SSSR count). The maximum absolute atomic E-state index is 12.4. The fourth-order valence-electron chi connectivity index (χ4n) is 2.90. The molecule has 1 amide bonds. The third-order valence-electron chi connectivity index (χ3n) is 4.17. The average molecular weight is 460 g/mol. The van der Waals surface area contributed by atoms with Crippen LogP contribution < -0.4 is 0 Å². The lowest BCUT2D eigenvalue weighted by Gasteiger charge is -2.24. The van der Waals surface area contributed by atoms with Crippen LogP contribution in [-0.4, -0.2) is 31.1 Å². The summed E-state index contributed by atoms with van der Waals surface area (Å²) in [6, 6.07) is 17.1. The van der Waals surface area contributed by atoms with Crippen molar-refractivity contribution in [1.29, 1.82) is 0 Å². The van der Waals surface area contributed by atoms with E-state index in [-0.39, 0.29) is 5.91 Å². The van der Waals surface area contributed by atoms with Gasteiger partial charge in [-0.2, -0.15) is 0 Å². The molecule has 0 aliphatic carbocycles. The van der Waals surface area contributed by atoms with Crippen molar-refractivity contribution in [3.8, 4) is 11.5 Å². The molecule has 1 aliphatic rings. The van der Waals surface area contributed by atoms with Gasteiger partial charge in [0.05, 0.1) is 5.75 Å². The fourth-order valence-corrected chi connectivity index (χ4v) is 4.46. The van der Waals surface area contributed by atoms with Crippen LogP contribution in [0.3, 0.4) is 0 Å². The number of hydrogen-bond donors (Lipinski definition) is 0. The summed E-state index contributed by atoms with van der Waals surface area (Å²) < 4.78 is 7.43. The zero-order valence-corrected chi connectivity index (χ0v) is 17.3. The predicted molar refractivity (Wildman–Crippen MR) is 112 cm³/mol. The third-order valence-corrected chi connectivity index (χ3v) is 6.04. The van der Waals surface area contributed by atoms with Crippen LogP contribution in [0.2, 0.25) is 0 Å². The lowest BCUT2D eigenvalue weighted by Crippen LogP contribution is -2.34. The molecule has 27 heavy (non-hydrogen) atoms. The Kier molecular flexibility index (Phi) is 5.38. The van der Waals surface area contributed by atoms with Crippen LogP contribution >= 0.6 is 39.9 Å². The molecule has 5 nitrogen and oxygen atoms in total. The number of carbonyl (C=O) groups is 1. The molecular formula is C19H14BrN3O2S2. The van der Waals surface area contributed by atoms with Crippen molar-refractivity contribution in [2.75, 3.05) is 5.75 Å². The van der Waals surface area contributed by atoms with E-state index >= 15 is 0 Å². The first kappa shape index (κ1) is 18.3. The Morgan fingerprint density at radius 1 is 1.19 bits per heavy atom. The quantitative estimate of drug-likeness (QED) is 0.517. The van der Waals surface area contributed by atoms with Crippen molar-refractivity contribution < 1.29 is 9.21 Å². The van der Waals surface area contributed by atoms with Gasteiger partial charge in [-0.25, -0.2) is 0 Å². The molecule has 0 radical (unpaired) electrons. The van der Waals surface area contributed by atoms with Crippen molar-refractivity contribution in [2.24, 2.45) is 0 Å². The number of thiocarbonyl (C=S) groups is 1. The van der Waals surface area contributed by atoms with Gasteiger partial charge in [0.15, 0.2) is 0 Å². The van der Waals surface area contributed by atoms with Gasteiger partial charge in [0.25, 0.3) is 0 Å². The second kappa shape index (κ2) is 7.92. The van der Waals surface area contributed by atoms with E-state index < -0.39 is 6.04 Å². The molecule has 1 saturated heterocycles. The Labute approximate surface area is 174 Å². The molecule has 2 aromatic carbocycles. The number of rotatable bonds is 5. The van der Waals surface area contributed by atoms with Crippen LogP contribution in [0, 0.1) is 0 Å². The first-order valence-corrected chi connectivity index (χ1v) is 10.4. The van der Waals surface area contributed by atoms with Crippen molar-refractivity contribution in [1.82, 2.24) is 15.1 Å². The van der Waals surface area contributed by atoms with Crippen LogP contribution in [-0.2, 0) is 11.2 Å². The monoisotopic (exact) mass is 459 g/mol. The van der Waals surface area contributed by atoms with Gasteiger partial charge in [-0.15, -0.1) is 10.2 Å². The van der Waals surface area contributed by atoms with E-state index in [2.05, 4.69) is 26.1 Å². The molecule has 0 unspecified atom stereocenters. The highest BCUT2D eigenvalue weighted by Crippen LogP contribution is 2.33. The largest absolute Gasteiger partial charge is 0.418 e. The highest BCUT2D eigenvalue weighted by Gasteiger charge is 2.37. The molecule has 1 fully saturated rings. The Hall–Kier alpha value is -2.03. The van der Waals surface area contributed by atoms with Gasteiger partial charge in [0.2, 0.25) is 17.7 Å². The Bertz CT molecular complexity index is 977. The highest BCUT2D eigenvalue weighted by atomic mass is 79.9. The Morgan fingerprint density at radius 2 is 2.00 bits per heavy atom. The summed E-state index contributed by atoms with van der Waals surface area (Å²) in [5, 5.41) is 8.42. The van der Waals surface area contributed by atoms with Gasteiger partial charge >= 0.3 is 0 Å². The first-order valence-electron chi connectivity index (χ1n) is 8.24. The molecule has 8 heteroatoms. The van der Waals surface area contributed by atoms with E-state index in [4.69, 9.17) is 16.6 Å². The normalized spacial score (nSPS) is 15.4. The van der Waals surface area contributed by atoms with Crippen LogP contribution in [0.1, 0.15) is 17.5 Å². The van der Waals surface area contributed by atoms with Gasteiger partial charge in [-0.3, -0.25) is 9.69 Å². The SMILES string of the molecule is O=C1CSC(=S)N1[C@@H](Cc1ccccc1)c1nnc(-c2cccc(Br)c2)o1. The van der Waals surface area contributed by atoms with E-state index in [9.17, 15) is 4.79 Å². The fraction of sp³-hybridized carbons (Fsp3) is 0.158. The maximum Gasteiger partial charge on any atom is 0.247 e. The summed E-state index contributed by atoms with van der Waals surface area (Å²) in [5.74, 6) is 1.10. The molecule has 3 aromatic rings. The Morgan fingerprint density at radius 3 is 2.70 bits per heavy atom. The number of aromatic nitrogens is 2. The van der Waals surface area contributed by atoms with Gasteiger partial charge in [-0.1, -0.05) is 76.3 Å². The van der Waals surface area contributed by atoms with Gasteiger partial charge < -0.3 is 4.42 Å². The Balaban J connectivity index is 1.70. The topological polar surface area (TPSA) is 59.2 Å². The summed E-state index contributed by atoms with van der Waals surface area (Å²) in [6.45, 7) is 0. The lowest BCUT2D eigenvalue weighted by atomic mass is 10.0.